The van der Waals surface area contributed by atoms with Gasteiger partial charge in [-0.1, -0.05) is 0 Å². The zero-order valence-electron chi connectivity index (χ0n) is 14.6. The van der Waals surface area contributed by atoms with Crippen molar-refractivity contribution >= 4 is 11.7 Å². The van der Waals surface area contributed by atoms with E-state index in [1.165, 1.54) is 18.5 Å². The van der Waals surface area contributed by atoms with E-state index >= 15 is 0 Å². The lowest BCUT2D eigenvalue weighted by atomic mass is 10.1. The van der Waals surface area contributed by atoms with Crippen molar-refractivity contribution in [2.24, 2.45) is 0 Å². The maximum absolute atomic E-state index is 13.1. The topological polar surface area (TPSA) is 67.4 Å². The summed E-state index contributed by atoms with van der Waals surface area (Å²) >= 11 is 0. The molecule has 2 bridgehead atoms. The summed E-state index contributed by atoms with van der Waals surface area (Å²) in [4.78, 5) is 23.0. The first-order chi connectivity index (χ1) is 12.6. The Kier molecular flexibility index (Phi) is 4.55. The average molecular weight is 356 g/mol. The molecule has 2 aromatic rings. The Morgan fingerprint density at radius 2 is 1.92 bits per heavy atom. The molecule has 1 N–H and O–H groups in total. The van der Waals surface area contributed by atoms with Crippen LogP contribution >= 0.6 is 0 Å². The second-order valence-electron chi connectivity index (χ2n) is 6.86. The van der Waals surface area contributed by atoms with E-state index in [2.05, 4.69) is 15.3 Å². The van der Waals surface area contributed by atoms with Crippen LogP contribution in [0.15, 0.2) is 36.7 Å². The number of nitrogens with one attached hydrogen (secondary N) is 1. The van der Waals surface area contributed by atoms with Gasteiger partial charge >= 0.3 is 0 Å². The molecule has 0 aliphatic carbocycles. The molecule has 2 aliphatic heterocycles. The Bertz CT molecular complexity index is 786. The number of hydrogen-bond donors (Lipinski definition) is 1. The van der Waals surface area contributed by atoms with E-state index in [9.17, 15) is 9.18 Å². The minimum atomic E-state index is -0.400. The molecule has 136 valence electrons. The number of likely N-dealkylation sites (tertiary alicyclic amines) is 1. The highest BCUT2D eigenvalue weighted by Crippen LogP contribution is 2.27. The maximum Gasteiger partial charge on any atom is 0.244 e. The van der Waals surface area contributed by atoms with E-state index in [4.69, 9.17) is 4.74 Å². The van der Waals surface area contributed by atoms with Crippen molar-refractivity contribution in [1.82, 2.24) is 14.9 Å². The molecule has 0 radical (unpaired) electrons. The number of benzene rings is 1. The summed E-state index contributed by atoms with van der Waals surface area (Å²) < 4.78 is 18.9. The molecule has 2 saturated heterocycles. The Morgan fingerprint density at radius 3 is 2.62 bits per heavy atom. The monoisotopic (exact) mass is 356 g/mol. The molecule has 0 unspecified atom stereocenters. The number of fused-ring (bicyclic) bond motifs is 2. The lowest BCUT2D eigenvalue weighted by Crippen LogP contribution is -2.50. The van der Waals surface area contributed by atoms with Crippen LogP contribution in [-0.4, -0.2) is 52.1 Å². The number of hydrogen-bond acceptors (Lipinski definition) is 5. The Labute approximate surface area is 151 Å². The molecule has 1 aromatic heterocycles. The van der Waals surface area contributed by atoms with E-state index in [1.54, 1.807) is 18.2 Å². The summed E-state index contributed by atoms with van der Waals surface area (Å²) in [5.41, 5.74) is 1.46. The lowest BCUT2D eigenvalue weighted by molar-refractivity contribution is -0.140. The summed E-state index contributed by atoms with van der Waals surface area (Å²) in [6.07, 6.45) is 3.85. The third-order valence-corrected chi connectivity index (χ3v) is 4.90. The molecule has 0 saturated carbocycles. The number of rotatable bonds is 4. The summed E-state index contributed by atoms with van der Waals surface area (Å²) in [7, 11) is 0. The smallest absolute Gasteiger partial charge is 0.244 e. The number of morpholine rings is 1. The number of carbonyl (C=O) groups is 1. The predicted molar refractivity (Wildman–Crippen MR) is 95.0 cm³/mol. The standard InChI is InChI=1S/C19H21FN4O2/c1-12(19(25)24-9-15-6-7-16(10-24)26-15)23-18-8-17(21-11-22-18)13-2-4-14(20)5-3-13/h2-5,8,11-12,15-16H,6-7,9-10H2,1H3,(H,21,22,23)/t12-,15-,16+/m1/s1. The molecule has 2 fully saturated rings. The highest BCUT2D eigenvalue weighted by Gasteiger charge is 2.36. The van der Waals surface area contributed by atoms with Crippen molar-refractivity contribution in [1.29, 1.82) is 0 Å². The van der Waals surface area contributed by atoms with Gasteiger partial charge in [0.15, 0.2) is 0 Å². The van der Waals surface area contributed by atoms with Crippen LogP contribution in [0.2, 0.25) is 0 Å². The number of halogens is 1. The van der Waals surface area contributed by atoms with Crippen LogP contribution < -0.4 is 5.32 Å². The van der Waals surface area contributed by atoms with Crippen LogP contribution in [-0.2, 0) is 9.53 Å². The van der Waals surface area contributed by atoms with Crippen molar-refractivity contribution in [3.8, 4) is 11.3 Å². The van der Waals surface area contributed by atoms with Crippen LogP contribution in [0.25, 0.3) is 11.3 Å². The number of nitrogens with zero attached hydrogens (tertiary/aromatic N) is 3. The van der Waals surface area contributed by atoms with E-state index in [1.807, 2.05) is 11.8 Å². The van der Waals surface area contributed by atoms with Gasteiger partial charge < -0.3 is 15.0 Å². The third kappa shape index (κ3) is 3.53. The van der Waals surface area contributed by atoms with Crippen LogP contribution in [0, 0.1) is 5.82 Å². The molecule has 3 atom stereocenters. The van der Waals surface area contributed by atoms with E-state index in [0.717, 1.165) is 18.4 Å². The summed E-state index contributed by atoms with van der Waals surface area (Å²) in [5.74, 6) is 0.323. The normalized spacial score (nSPS) is 22.9. The highest BCUT2D eigenvalue weighted by atomic mass is 19.1. The van der Waals surface area contributed by atoms with Crippen LogP contribution in [0.3, 0.4) is 0 Å². The van der Waals surface area contributed by atoms with Gasteiger partial charge in [-0.05, 0) is 44.0 Å². The summed E-state index contributed by atoms with van der Waals surface area (Å²) in [5, 5.41) is 3.15. The van der Waals surface area contributed by atoms with Gasteiger partial charge in [-0.2, -0.15) is 0 Å². The molecule has 4 rings (SSSR count). The minimum absolute atomic E-state index is 0.0483. The van der Waals surface area contributed by atoms with E-state index in [0.29, 0.717) is 24.6 Å². The van der Waals surface area contributed by atoms with Gasteiger partial charge in [0.25, 0.3) is 0 Å². The van der Waals surface area contributed by atoms with Crippen molar-refractivity contribution in [2.45, 2.75) is 38.0 Å². The fourth-order valence-electron chi connectivity index (χ4n) is 3.57. The fraction of sp³-hybridized carbons (Fsp3) is 0.421. The van der Waals surface area contributed by atoms with Crippen LogP contribution in [0.1, 0.15) is 19.8 Å². The van der Waals surface area contributed by atoms with Gasteiger partial charge in [-0.3, -0.25) is 4.79 Å². The first kappa shape index (κ1) is 16.9. The molecule has 0 spiro atoms. The zero-order chi connectivity index (χ0) is 18.1. The van der Waals surface area contributed by atoms with Gasteiger partial charge in [0.2, 0.25) is 5.91 Å². The van der Waals surface area contributed by atoms with Crippen molar-refractivity contribution in [3.63, 3.8) is 0 Å². The Morgan fingerprint density at radius 1 is 1.23 bits per heavy atom. The number of anilines is 1. The second-order valence-corrected chi connectivity index (χ2v) is 6.86. The number of ether oxygens (including phenoxy) is 1. The Hall–Kier alpha value is -2.54. The fourth-order valence-corrected chi connectivity index (χ4v) is 3.57. The van der Waals surface area contributed by atoms with Gasteiger partial charge in [0.1, 0.15) is 24.0 Å². The SMILES string of the molecule is C[C@@H](Nc1cc(-c2ccc(F)cc2)ncn1)C(=O)N1C[C@H]2CC[C@@H](C1)O2. The zero-order valence-corrected chi connectivity index (χ0v) is 14.6. The molecule has 7 heteroatoms. The molecule has 2 aliphatic rings. The van der Waals surface area contributed by atoms with E-state index < -0.39 is 6.04 Å². The lowest BCUT2D eigenvalue weighted by Gasteiger charge is -2.34. The van der Waals surface area contributed by atoms with Gasteiger partial charge in [-0.25, -0.2) is 14.4 Å². The first-order valence-corrected chi connectivity index (χ1v) is 8.87. The van der Waals surface area contributed by atoms with Crippen molar-refractivity contribution < 1.29 is 13.9 Å². The van der Waals surface area contributed by atoms with Crippen molar-refractivity contribution in [2.75, 3.05) is 18.4 Å². The molecule has 6 nitrogen and oxygen atoms in total. The van der Waals surface area contributed by atoms with Crippen LogP contribution in [0.5, 0.6) is 0 Å². The van der Waals surface area contributed by atoms with Gasteiger partial charge in [-0.15, -0.1) is 0 Å². The predicted octanol–water partition coefficient (Wildman–Crippen LogP) is 2.47. The molecular formula is C19H21FN4O2. The third-order valence-electron chi connectivity index (χ3n) is 4.90. The number of amides is 1. The molecule has 1 amide bonds. The maximum atomic E-state index is 13.1. The number of aromatic nitrogens is 2. The highest BCUT2D eigenvalue weighted by molar-refractivity contribution is 5.84. The van der Waals surface area contributed by atoms with Gasteiger partial charge in [0.05, 0.1) is 17.9 Å². The summed E-state index contributed by atoms with van der Waals surface area (Å²) in [6.45, 7) is 3.15. The minimum Gasteiger partial charge on any atom is -0.371 e. The van der Waals surface area contributed by atoms with Crippen LogP contribution in [0.4, 0.5) is 10.2 Å². The molecule has 3 heterocycles. The Balaban J connectivity index is 1.44. The number of carbonyl (C=O) groups excluding carboxylic acids is 1. The first-order valence-electron chi connectivity index (χ1n) is 8.87. The molecular weight excluding hydrogens is 335 g/mol. The van der Waals surface area contributed by atoms with Gasteiger partial charge in [0, 0.05) is 24.7 Å². The summed E-state index contributed by atoms with van der Waals surface area (Å²) in [6, 6.07) is 7.48. The van der Waals surface area contributed by atoms with Crippen molar-refractivity contribution in [3.05, 3.63) is 42.5 Å². The second kappa shape index (κ2) is 6.99. The molecule has 26 heavy (non-hydrogen) atoms. The molecule has 1 aromatic carbocycles. The quantitative estimate of drug-likeness (QED) is 0.912. The largest absolute Gasteiger partial charge is 0.371 e. The van der Waals surface area contributed by atoms with E-state index in [-0.39, 0.29) is 23.9 Å². The average Bonchev–Trinajstić information content (AvgIpc) is 2.99.